The molecule has 1 fully saturated rings. The van der Waals surface area contributed by atoms with E-state index >= 15 is 0 Å². The molecule has 0 aliphatic carbocycles. The monoisotopic (exact) mass is 369 g/mol. The maximum Gasteiger partial charge on any atom is 0.416 e. The fourth-order valence-electron chi connectivity index (χ4n) is 2.76. The number of benzene rings is 1. The molecule has 1 aliphatic heterocycles. The molecule has 1 aliphatic rings. The van der Waals surface area contributed by atoms with Gasteiger partial charge in [0, 0.05) is 44.1 Å². The van der Waals surface area contributed by atoms with Crippen LogP contribution in [0.2, 0.25) is 5.02 Å². The van der Waals surface area contributed by atoms with Crippen LogP contribution in [0, 0.1) is 0 Å². The van der Waals surface area contributed by atoms with Crippen molar-refractivity contribution in [2.75, 3.05) is 31.1 Å². The van der Waals surface area contributed by atoms with Crippen LogP contribution in [0.15, 0.2) is 42.7 Å². The van der Waals surface area contributed by atoms with E-state index in [1.54, 1.807) is 17.3 Å². The molecule has 0 N–H and O–H groups in total. The first-order chi connectivity index (χ1) is 11.9. The average molecular weight is 370 g/mol. The molecule has 132 valence electrons. The van der Waals surface area contributed by atoms with Crippen LogP contribution in [-0.2, 0) is 6.18 Å². The topological polar surface area (TPSA) is 36.4 Å². The van der Waals surface area contributed by atoms with Gasteiger partial charge in [-0.15, -0.1) is 0 Å². The Hall–Kier alpha value is -2.28. The van der Waals surface area contributed by atoms with E-state index in [0.717, 1.165) is 17.8 Å². The second-order valence-corrected chi connectivity index (χ2v) is 6.09. The SMILES string of the molecule is O=C(c1ccc(C(F)(F)F)cc1)N1CCN(c2ccncc2Cl)CC1. The maximum atomic E-state index is 12.6. The Balaban J connectivity index is 1.65. The summed E-state index contributed by atoms with van der Waals surface area (Å²) in [6.07, 6.45) is -1.19. The highest BCUT2D eigenvalue weighted by atomic mass is 35.5. The number of anilines is 1. The number of nitrogens with zero attached hydrogens (tertiary/aromatic N) is 3. The summed E-state index contributed by atoms with van der Waals surface area (Å²) < 4.78 is 37.8. The van der Waals surface area contributed by atoms with E-state index in [1.807, 2.05) is 6.07 Å². The number of alkyl halides is 3. The normalized spacial score (nSPS) is 15.4. The van der Waals surface area contributed by atoms with Gasteiger partial charge in [-0.3, -0.25) is 9.78 Å². The van der Waals surface area contributed by atoms with Gasteiger partial charge in [0.25, 0.3) is 5.91 Å². The van der Waals surface area contributed by atoms with Crippen LogP contribution in [0.5, 0.6) is 0 Å². The van der Waals surface area contributed by atoms with Gasteiger partial charge >= 0.3 is 6.18 Å². The molecule has 0 unspecified atom stereocenters. The lowest BCUT2D eigenvalue weighted by molar-refractivity contribution is -0.137. The van der Waals surface area contributed by atoms with Gasteiger partial charge in [-0.25, -0.2) is 0 Å². The van der Waals surface area contributed by atoms with Crippen LogP contribution in [0.25, 0.3) is 0 Å². The van der Waals surface area contributed by atoms with Crippen LogP contribution >= 0.6 is 11.6 Å². The summed E-state index contributed by atoms with van der Waals surface area (Å²) in [7, 11) is 0. The molecule has 0 saturated carbocycles. The van der Waals surface area contributed by atoms with Gasteiger partial charge < -0.3 is 9.80 Å². The minimum Gasteiger partial charge on any atom is -0.367 e. The van der Waals surface area contributed by atoms with Crippen molar-refractivity contribution >= 4 is 23.2 Å². The zero-order valence-electron chi connectivity index (χ0n) is 13.1. The van der Waals surface area contributed by atoms with E-state index in [0.29, 0.717) is 31.2 Å². The van der Waals surface area contributed by atoms with E-state index in [2.05, 4.69) is 9.88 Å². The Labute approximate surface area is 147 Å². The fraction of sp³-hybridized carbons (Fsp3) is 0.294. The third-order valence-corrected chi connectivity index (χ3v) is 4.41. The first-order valence-corrected chi connectivity index (χ1v) is 8.05. The second kappa shape index (κ2) is 6.92. The van der Waals surface area contributed by atoms with Crippen LogP contribution in [0.4, 0.5) is 18.9 Å². The molecule has 0 spiro atoms. The molecule has 1 saturated heterocycles. The lowest BCUT2D eigenvalue weighted by Gasteiger charge is -2.36. The molecule has 0 radical (unpaired) electrons. The minimum absolute atomic E-state index is 0.253. The Kier molecular flexibility index (Phi) is 4.85. The number of carbonyl (C=O) groups excluding carboxylic acids is 1. The number of amides is 1. The van der Waals surface area contributed by atoms with Crippen molar-refractivity contribution in [3.8, 4) is 0 Å². The lowest BCUT2D eigenvalue weighted by Crippen LogP contribution is -2.48. The fourth-order valence-corrected chi connectivity index (χ4v) is 3.00. The van der Waals surface area contributed by atoms with Crippen molar-refractivity contribution in [1.29, 1.82) is 0 Å². The molecule has 2 heterocycles. The van der Waals surface area contributed by atoms with Crippen molar-refractivity contribution in [2.45, 2.75) is 6.18 Å². The molecule has 0 atom stereocenters. The first-order valence-electron chi connectivity index (χ1n) is 7.67. The molecule has 2 aromatic rings. The quantitative estimate of drug-likeness (QED) is 0.809. The Morgan fingerprint density at radius 3 is 2.24 bits per heavy atom. The van der Waals surface area contributed by atoms with Crippen molar-refractivity contribution in [3.05, 3.63) is 58.9 Å². The molecule has 8 heteroatoms. The summed E-state index contributed by atoms with van der Waals surface area (Å²) in [5.74, 6) is -0.269. The third-order valence-electron chi connectivity index (χ3n) is 4.12. The number of aromatic nitrogens is 1. The van der Waals surface area contributed by atoms with Crippen molar-refractivity contribution < 1.29 is 18.0 Å². The number of carbonyl (C=O) groups is 1. The molecule has 25 heavy (non-hydrogen) atoms. The van der Waals surface area contributed by atoms with Crippen LogP contribution in [0.3, 0.4) is 0 Å². The molecule has 1 aromatic carbocycles. The van der Waals surface area contributed by atoms with E-state index in [1.165, 1.54) is 12.1 Å². The Morgan fingerprint density at radius 1 is 1.04 bits per heavy atom. The van der Waals surface area contributed by atoms with E-state index in [4.69, 9.17) is 11.6 Å². The number of pyridine rings is 1. The van der Waals surface area contributed by atoms with Crippen LogP contribution < -0.4 is 4.90 Å². The number of hydrogen-bond donors (Lipinski definition) is 0. The second-order valence-electron chi connectivity index (χ2n) is 5.68. The molecule has 4 nitrogen and oxygen atoms in total. The van der Waals surface area contributed by atoms with Crippen molar-refractivity contribution in [2.24, 2.45) is 0 Å². The highest BCUT2D eigenvalue weighted by molar-refractivity contribution is 6.33. The average Bonchev–Trinajstić information content (AvgIpc) is 2.61. The summed E-state index contributed by atoms with van der Waals surface area (Å²) in [4.78, 5) is 20.1. The minimum atomic E-state index is -4.41. The lowest BCUT2D eigenvalue weighted by atomic mass is 10.1. The Morgan fingerprint density at radius 2 is 1.68 bits per heavy atom. The first kappa shape index (κ1) is 17.5. The standard InChI is InChI=1S/C17H15ClF3N3O/c18-14-11-22-6-5-15(14)23-7-9-24(10-8-23)16(25)12-1-3-13(4-2-12)17(19,20)21/h1-6,11H,7-10H2. The van der Waals surface area contributed by atoms with Gasteiger partial charge in [0.2, 0.25) is 0 Å². The highest BCUT2D eigenvalue weighted by Gasteiger charge is 2.30. The molecule has 3 rings (SSSR count). The Bertz CT molecular complexity index is 756. The number of halogens is 4. The van der Waals surface area contributed by atoms with Gasteiger partial charge in [0.1, 0.15) is 0 Å². The predicted molar refractivity (Wildman–Crippen MR) is 88.8 cm³/mol. The summed E-state index contributed by atoms with van der Waals surface area (Å²) in [5, 5.41) is 0.546. The van der Waals surface area contributed by atoms with E-state index in [-0.39, 0.29) is 11.5 Å². The van der Waals surface area contributed by atoms with Gasteiger partial charge in [0.15, 0.2) is 0 Å². The third kappa shape index (κ3) is 3.87. The van der Waals surface area contributed by atoms with Crippen molar-refractivity contribution in [1.82, 2.24) is 9.88 Å². The van der Waals surface area contributed by atoms with Crippen molar-refractivity contribution in [3.63, 3.8) is 0 Å². The van der Waals surface area contributed by atoms with Gasteiger partial charge in [-0.2, -0.15) is 13.2 Å². The summed E-state index contributed by atoms with van der Waals surface area (Å²) in [6.45, 7) is 2.13. The molecule has 0 bridgehead atoms. The maximum absolute atomic E-state index is 12.6. The smallest absolute Gasteiger partial charge is 0.367 e. The van der Waals surface area contributed by atoms with Crippen LogP contribution in [-0.4, -0.2) is 42.0 Å². The largest absolute Gasteiger partial charge is 0.416 e. The summed E-state index contributed by atoms with van der Waals surface area (Å²) >= 11 is 6.13. The zero-order valence-corrected chi connectivity index (χ0v) is 13.9. The van der Waals surface area contributed by atoms with Gasteiger partial charge in [-0.1, -0.05) is 11.6 Å². The zero-order chi connectivity index (χ0) is 18.0. The highest BCUT2D eigenvalue weighted by Crippen LogP contribution is 2.29. The summed E-state index contributed by atoms with van der Waals surface area (Å²) in [5.41, 5.74) is 0.350. The van der Waals surface area contributed by atoms with E-state index < -0.39 is 11.7 Å². The number of piperazine rings is 1. The van der Waals surface area contributed by atoms with E-state index in [9.17, 15) is 18.0 Å². The predicted octanol–water partition coefficient (Wildman–Crippen LogP) is 3.72. The molecule has 1 amide bonds. The molecular formula is C17H15ClF3N3O. The van der Waals surface area contributed by atoms with Crippen LogP contribution in [0.1, 0.15) is 15.9 Å². The number of rotatable bonds is 2. The summed E-state index contributed by atoms with van der Waals surface area (Å²) in [6, 6.07) is 6.12. The van der Waals surface area contributed by atoms with Gasteiger partial charge in [-0.05, 0) is 30.3 Å². The van der Waals surface area contributed by atoms with Gasteiger partial charge in [0.05, 0.1) is 16.3 Å². The molecular weight excluding hydrogens is 355 g/mol. The number of hydrogen-bond acceptors (Lipinski definition) is 3. The molecule has 1 aromatic heterocycles.